The highest BCUT2D eigenvalue weighted by molar-refractivity contribution is 5.59. The summed E-state index contributed by atoms with van der Waals surface area (Å²) in [6, 6.07) is 13.8. The molecule has 0 N–H and O–H groups in total. The monoisotopic (exact) mass is 379 g/mol. The number of benzene rings is 1. The van der Waals surface area contributed by atoms with Gasteiger partial charge in [0.2, 0.25) is 0 Å². The van der Waals surface area contributed by atoms with Gasteiger partial charge in [0.25, 0.3) is 5.56 Å². The highest BCUT2D eigenvalue weighted by Crippen LogP contribution is 2.20. The van der Waals surface area contributed by atoms with Gasteiger partial charge in [0.1, 0.15) is 5.82 Å². The molecular formula is C21H22FN5O. The van der Waals surface area contributed by atoms with Gasteiger partial charge in [0.05, 0.1) is 5.69 Å². The molecule has 4 rings (SSSR count). The van der Waals surface area contributed by atoms with E-state index in [1.807, 2.05) is 24.4 Å². The van der Waals surface area contributed by atoms with Gasteiger partial charge in [0.15, 0.2) is 5.82 Å². The Morgan fingerprint density at radius 3 is 2.36 bits per heavy atom. The Balaban J connectivity index is 1.36. The number of pyridine rings is 1. The second-order valence-corrected chi connectivity index (χ2v) is 7.03. The van der Waals surface area contributed by atoms with E-state index >= 15 is 0 Å². The van der Waals surface area contributed by atoms with Gasteiger partial charge in [-0.1, -0.05) is 0 Å². The molecule has 0 aliphatic carbocycles. The quantitative estimate of drug-likeness (QED) is 0.696. The van der Waals surface area contributed by atoms with Crippen LogP contribution in [0.25, 0.3) is 11.3 Å². The van der Waals surface area contributed by atoms with Gasteiger partial charge in [-0.25, -0.2) is 4.39 Å². The summed E-state index contributed by atoms with van der Waals surface area (Å²) in [5.74, 6) is 0.584. The number of nitrogens with zero attached hydrogens (tertiary/aromatic N) is 5. The predicted molar refractivity (Wildman–Crippen MR) is 107 cm³/mol. The Labute approximate surface area is 162 Å². The van der Waals surface area contributed by atoms with Crippen LogP contribution in [-0.4, -0.2) is 45.8 Å². The maximum atomic E-state index is 13.1. The van der Waals surface area contributed by atoms with Crippen LogP contribution in [0.1, 0.15) is 5.56 Å². The van der Waals surface area contributed by atoms with Crippen LogP contribution < -0.4 is 10.5 Å². The zero-order chi connectivity index (χ0) is 19.5. The fourth-order valence-electron chi connectivity index (χ4n) is 3.35. The molecule has 0 radical (unpaired) electrons. The first-order valence-electron chi connectivity index (χ1n) is 9.31. The minimum Gasteiger partial charge on any atom is -0.353 e. The van der Waals surface area contributed by atoms with Gasteiger partial charge in [-0.3, -0.25) is 9.69 Å². The van der Waals surface area contributed by atoms with Gasteiger partial charge in [0, 0.05) is 57.6 Å². The van der Waals surface area contributed by atoms with Gasteiger partial charge in [-0.15, -0.1) is 10.2 Å². The molecule has 0 bridgehead atoms. The van der Waals surface area contributed by atoms with Crippen LogP contribution in [0.15, 0.2) is 59.5 Å². The highest BCUT2D eigenvalue weighted by Gasteiger charge is 2.18. The molecule has 0 unspecified atom stereocenters. The number of aromatic nitrogens is 3. The fraction of sp³-hybridized carbons (Fsp3) is 0.286. The third-order valence-electron chi connectivity index (χ3n) is 5.06. The first kappa shape index (κ1) is 18.3. The number of hydrogen-bond acceptors (Lipinski definition) is 5. The van der Waals surface area contributed by atoms with E-state index in [2.05, 4.69) is 20.0 Å². The van der Waals surface area contributed by atoms with Crippen LogP contribution in [0.3, 0.4) is 0 Å². The molecular weight excluding hydrogens is 357 g/mol. The van der Waals surface area contributed by atoms with E-state index in [1.54, 1.807) is 29.8 Å². The summed E-state index contributed by atoms with van der Waals surface area (Å²) >= 11 is 0. The molecule has 6 nitrogen and oxygen atoms in total. The minimum absolute atomic E-state index is 0.0210. The number of halogens is 1. The van der Waals surface area contributed by atoms with Crippen molar-refractivity contribution in [3.63, 3.8) is 0 Å². The SMILES string of the molecule is Cn1ccc(CN2CCN(c3ccc(-c4ccc(F)cc4)nn3)CC2)cc1=O. The molecule has 1 aliphatic heterocycles. The lowest BCUT2D eigenvalue weighted by molar-refractivity contribution is 0.249. The predicted octanol–water partition coefficient (Wildman–Crippen LogP) is 2.30. The van der Waals surface area contributed by atoms with Crippen LogP contribution in [0.2, 0.25) is 0 Å². The van der Waals surface area contributed by atoms with Crippen LogP contribution in [0.4, 0.5) is 10.2 Å². The van der Waals surface area contributed by atoms with E-state index in [9.17, 15) is 9.18 Å². The number of aryl methyl sites for hydroxylation is 1. The maximum Gasteiger partial charge on any atom is 0.250 e. The number of anilines is 1. The third kappa shape index (κ3) is 4.09. The summed E-state index contributed by atoms with van der Waals surface area (Å²) in [7, 11) is 1.76. The van der Waals surface area contributed by atoms with Gasteiger partial charge in [-0.2, -0.15) is 0 Å². The van der Waals surface area contributed by atoms with Crippen LogP contribution in [0, 0.1) is 5.82 Å². The van der Waals surface area contributed by atoms with E-state index in [0.29, 0.717) is 0 Å². The molecule has 28 heavy (non-hydrogen) atoms. The Kier molecular flexibility index (Phi) is 5.16. The van der Waals surface area contributed by atoms with Crippen molar-refractivity contribution >= 4 is 5.82 Å². The lowest BCUT2D eigenvalue weighted by Gasteiger charge is -2.35. The molecule has 0 saturated carbocycles. The average molecular weight is 379 g/mol. The Morgan fingerprint density at radius 2 is 1.71 bits per heavy atom. The first-order chi connectivity index (χ1) is 13.6. The Bertz CT molecular complexity index is 993. The second kappa shape index (κ2) is 7.90. The van der Waals surface area contributed by atoms with Crippen molar-refractivity contribution in [2.24, 2.45) is 7.05 Å². The van der Waals surface area contributed by atoms with E-state index < -0.39 is 0 Å². The van der Waals surface area contributed by atoms with Crippen molar-refractivity contribution in [3.8, 4) is 11.3 Å². The molecule has 0 amide bonds. The average Bonchev–Trinajstić information content (AvgIpc) is 2.72. The largest absolute Gasteiger partial charge is 0.353 e. The van der Waals surface area contributed by atoms with E-state index in [4.69, 9.17) is 0 Å². The molecule has 1 fully saturated rings. The topological polar surface area (TPSA) is 54.3 Å². The van der Waals surface area contributed by atoms with Gasteiger partial charge in [-0.05, 0) is 48.0 Å². The Morgan fingerprint density at radius 1 is 0.964 bits per heavy atom. The van der Waals surface area contributed by atoms with E-state index in [-0.39, 0.29) is 11.4 Å². The van der Waals surface area contributed by atoms with Crippen molar-refractivity contribution in [2.45, 2.75) is 6.54 Å². The molecule has 3 heterocycles. The summed E-state index contributed by atoms with van der Waals surface area (Å²) in [6.45, 7) is 4.29. The molecule has 2 aromatic heterocycles. The zero-order valence-corrected chi connectivity index (χ0v) is 15.8. The highest BCUT2D eigenvalue weighted by atomic mass is 19.1. The third-order valence-corrected chi connectivity index (χ3v) is 5.06. The molecule has 1 aliphatic rings. The number of rotatable bonds is 4. The van der Waals surface area contributed by atoms with Gasteiger partial charge < -0.3 is 9.47 Å². The van der Waals surface area contributed by atoms with Crippen LogP contribution in [0.5, 0.6) is 0 Å². The molecule has 1 saturated heterocycles. The van der Waals surface area contributed by atoms with Crippen molar-refractivity contribution < 1.29 is 4.39 Å². The van der Waals surface area contributed by atoms with Crippen molar-refractivity contribution in [1.29, 1.82) is 0 Å². The molecule has 144 valence electrons. The van der Waals surface area contributed by atoms with E-state index in [0.717, 1.165) is 55.4 Å². The van der Waals surface area contributed by atoms with Crippen molar-refractivity contribution in [2.75, 3.05) is 31.1 Å². The van der Waals surface area contributed by atoms with Crippen molar-refractivity contribution in [3.05, 3.63) is 76.5 Å². The summed E-state index contributed by atoms with van der Waals surface area (Å²) in [4.78, 5) is 16.3. The smallest absolute Gasteiger partial charge is 0.250 e. The first-order valence-corrected chi connectivity index (χ1v) is 9.31. The second-order valence-electron chi connectivity index (χ2n) is 7.03. The summed E-state index contributed by atoms with van der Waals surface area (Å²) < 4.78 is 14.6. The number of hydrogen-bond donors (Lipinski definition) is 0. The molecule has 3 aromatic rings. The van der Waals surface area contributed by atoms with Crippen LogP contribution in [-0.2, 0) is 13.6 Å². The van der Waals surface area contributed by atoms with Crippen molar-refractivity contribution in [1.82, 2.24) is 19.7 Å². The molecule has 1 aromatic carbocycles. The molecule has 0 spiro atoms. The normalized spacial score (nSPS) is 15.0. The van der Waals surface area contributed by atoms with Gasteiger partial charge >= 0.3 is 0 Å². The lowest BCUT2D eigenvalue weighted by atomic mass is 10.1. The fourth-order valence-corrected chi connectivity index (χ4v) is 3.35. The summed E-state index contributed by atoms with van der Waals surface area (Å²) in [6.07, 6.45) is 1.81. The Hall–Kier alpha value is -3.06. The standard InChI is InChI=1S/C21H22FN5O/c1-25-9-8-16(14-21(25)28)15-26-10-12-27(13-11-26)20-7-6-19(23-24-20)17-2-4-18(22)5-3-17/h2-9,14H,10-13,15H2,1H3. The van der Waals surface area contributed by atoms with E-state index in [1.165, 1.54) is 12.1 Å². The number of piperazine rings is 1. The maximum absolute atomic E-state index is 13.1. The lowest BCUT2D eigenvalue weighted by Crippen LogP contribution is -2.46. The summed E-state index contributed by atoms with van der Waals surface area (Å²) in [5, 5.41) is 8.64. The van der Waals surface area contributed by atoms with Crippen LogP contribution >= 0.6 is 0 Å². The zero-order valence-electron chi connectivity index (χ0n) is 15.8. The summed E-state index contributed by atoms with van der Waals surface area (Å²) in [5.41, 5.74) is 2.64. The molecule has 7 heteroatoms. The molecule has 0 atom stereocenters. The minimum atomic E-state index is -0.262.